The third-order valence-electron chi connectivity index (χ3n) is 0.470. The molecule has 0 saturated heterocycles. The van der Waals surface area contributed by atoms with Gasteiger partial charge in [-0.25, -0.2) is 0 Å². The van der Waals surface area contributed by atoms with Crippen LogP contribution in [0.3, 0.4) is 0 Å². The summed E-state index contributed by atoms with van der Waals surface area (Å²) in [5, 5.41) is 0. The number of hydrogen-bond acceptors (Lipinski definition) is 2. The van der Waals surface area contributed by atoms with E-state index in [0.717, 1.165) is 5.70 Å². The molecule has 4 N–H and O–H groups in total. The summed E-state index contributed by atoms with van der Waals surface area (Å²) in [5.74, 6) is 0. The summed E-state index contributed by atoms with van der Waals surface area (Å²) in [6.45, 7) is 1.81. The molecule has 7 heavy (non-hydrogen) atoms. The van der Waals surface area contributed by atoms with Gasteiger partial charge >= 0.3 is 0 Å². The van der Waals surface area contributed by atoms with E-state index in [9.17, 15) is 0 Å². The second-order valence-corrected chi connectivity index (χ2v) is 1.30. The summed E-state index contributed by atoms with van der Waals surface area (Å²) in [6, 6.07) is 0. The van der Waals surface area contributed by atoms with Gasteiger partial charge in [0.05, 0.1) is 0 Å². The van der Waals surface area contributed by atoms with E-state index in [0.29, 0.717) is 0 Å². The van der Waals surface area contributed by atoms with Gasteiger partial charge in [-0.3, -0.25) is 0 Å². The van der Waals surface area contributed by atoms with Gasteiger partial charge in [0.15, 0.2) is 0 Å². The summed E-state index contributed by atoms with van der Waals surface area (Å²) in [7, 11) is 0. The fourth-order valence-corrected chi connectivity index (χ4v) is 0.207. The van der Waals surface area contributed by atoms with Crippen molar-refractivity contribution in [1.82, 2.24) is 0 Å². The minimum atomic E-state index is 0.765. The van der Waals surface area contributed by atoms with Crippen molar-refractivity contribution in [3.05, 3.63) is 24.0 Å². The molecule has 40 valence electrons. The van der Waals surface area contributed by atoms with Gasteiger partial charge < -0.3 is 11.5 Å². The molecule has 2 nitrogen and oxygen atoms in total. The smallest absolute Gasteiger partial charge is 0.00494 e. The quantitative estimate of drug-likeness (QED) is 0.464. The maximum absolute atomic E-state index is 5.23. The first-order chi connectivity index (χ1) is 3.27. The van der Waals surface area contributed by atoms with Crippen molar-refractivity contribution in [3.8, 4) is 0 Å². The van der Waals surface area contributed by atoms with Gasteiger partial charge in [-0.2, -0.15) is 0 Å². The van der Waals surface area contributed by atoms with E-state index >= 15 is 0 Å². The van der Waals surface area contributed by atoms with E-state index < -0.39 is 0 Å². The van der Waals surface area contributed by atoms with E-state index in [4.69, 9.17) is 11.5 Å². The van der Waals surface area contributed by atoms with Gasteiger partial charge in [0.25, 0.3) is 0 Å². The molecule has 0 aliphatic rings. The molecule has 0 radical (unpaired) electrons. The maximum atomic E-state index is 5.23. The van der Waals surface area contributed by atoms with Crippen LogP contribution in [0.2, 0.25) is 0 Å². The van der Waals surface area contributed by atoms with Gasteiger partial charge in [-0.05, 0) is 25.3 Å². The summed E-state index contributed by atoms with van der Waals surface area (Å²) in [4.78, 5) is 0. The van der Waals surface area contributed by atoms with Crippen LogP contribution in [0.4, 0.5) is 0 Å². The van der Waals surface area contributed by atoms with E-state index in [1.54, 1.807) is 19.1 Å². The predicted molar refractivity (Wildman–Crippen MR) is 31.3 cm³/mol. The summed E-state index contributed by atoms with van der Waals surface area (Å²) in [5.41, 5.74) is 11.0. The molecule has 0 aromatic rings. The van der Waals surface area contributed by atoms with Crippen LogP contribution in [0.15, 0.2) is 24.0 Å². The van der Waals surface area contributed by atoms with Crippen LogP contribution in [0.1, 0.15) is 6.92 Å². The molecule has 0 unspecified atom stereocenters. The highest BCUT2D eigenvalue weighted by Crippen LogP contribution is 1.77. The Balaban J connectivity index is 3.46. The lowest BCUT2D eigenvalue weighted by molar-refractivity contribution is 1.31. The first-order valence-corrected chi connectivity index (χ1v) is 2.08. The van der Waals surface area contributed by atoms with Crippen molar-refractivity contribution in [3.63, 3.8) is 0 Å². The molecule has 0 saturated carbocycles. The van der Waals surface area contributed by atoms with Crippen molar-refractivity contribution >= 4 is 0 Å². The Morgan fingerprint density at radius 3 is 2.29 bits per heavy atom. The lowest BCUT2D eigenvalue weighted by atomic mass is 10.4. The minimum Gasteiger partial charge on any atom is -0.405 e. The Kier molecular flexibility index (Phi) is 2.85. The zero-order valence-corrected chi connectivity index (χ0v) is 4.39. The highest BCUT2D eigenvalue weighted by molar-refractivity contribution is 5.05. The van der Waals surface area contributed by atoms with Gasteiger partial charge in [-0.15, -0.1) is 0 Å². The normalized spacial score (nSPS) is 13.0. The molecule has 0 rings (SSSR count). The van der Waals surface area contributed by atoms with Crippen LogP contribution in [0.5, 0.6) is 0 Å². The molecule has 0 aliphatic heterocycles. The van der Waals surface area contributed by atoms with E-state index in [-0.39, 0.29) is 0 Å². The molecule has 0 aliphatic carbocycles. The Hall–Kier alpha value is -0.920. The van der Waals surface area contributed by atoms with Crippen LogP contribution >= 0.6 is 0 Å². The first kappa shape index (κ1) is 6.08. The van der Waals surface area contributed by atoms with E-state index in [1.807, 2.05) is 0 Å². The average Bonchev–Trinajstić information content (AvgIpc) is 1.61. The fourth-order valence-electron chi connectivity index (χ4n) is 0.207. The van der Waals surface area contributed by atoms with Crippen molar-refractivity contribution in [2.24, 2.45) is 11.5 Å². The molecule has 0 fully saturated rings. The largest absolute Gasteiger partial charge is 0.405 e. The zero-order valence-electron chi connectivity index (χ0n) is 4.39. The lowest BCUT2D eigenvalue weighted by Gasteiger charge is -1.79. The standard InChI is InChI=1S/C5H10N2/c1-5(7)3-2-4-6/h2-4H,6-7H2,1H3/b4-2-,5-3+. The van der Waals surface area contributed by atoms with E-state index in [2.05, 4.69) is 0 Å². The molecule has 0 bridgehead atoms. The second-order valence-electron chi connectivity index (χ2n) is 1.30. The minimum absolute atomic E-state index is 0.765. The second kappa shape index (κ2) is 3.28. The van der Waals surface area contributed by atoms with Crippen molar-refractivity contribution < 1.29 is 0 Å². The highest BCUT2D eigenvalue weighted by atomic mass is 14.5. The molecule has 0 atom stereocenters. The number of nitrogens with two attached hydrogens (primary N) is 2. The Labute approximate surface area is 43.5 Å². The van der Waals surface area contributed by atoms with Crippen LogP contribution in [0, 0.1) is 0 Å². The molecule has 0 amide bonds. The van der Waals surface area contributed by atoms with Gasteiger partial charge in [-0.1, -0.05) is 0 Å². The van der Waals surface area contributed by atoms with Crippen molar-refractivity contribution in [1.29, 1.82) is 0 Å². The maximum Gasteiger partial charge on any atom is 0.00494 e. The Morgan fingerprint density at radius 1 is 1.57 bits per heavy atom. The Bertz CT molecular complexity index is 88.3. The fraction of sp³-hybridized carbons (Fsp3) is 0.200. The van der Waals surface area contributed by atoms with Gasteiger partial charge in [0.1, 0.15) is 0 Å². The van der Waals surface area contributed by atoms with Crippen molar-refractivity contribution in [2.45, 2.75) is 6.92 Å². The van der Waals surface area contributed by atoms with Crippen molar-refractivity contribution in [2.75, 3.05) is 0 Å². The zero-order chi connectivity index (χ0) is 5.70. The number of allylic oxidation sites excluding steroid dienone is 3. The molecule has 0 aromatic carbocycles. The molecular weight excluding hydrogens is 88.1 g/mol. The molecule has 0 spiro atoms. The SMILES string of the molecule is C/C(N)=C\C=C/N. The van der Waals surface area contributed by atoms with Gasteiger partial charge in [0, 0.05) is 5.70 Å². The third kappa shape index (κ3) is 5.08. The summed E-state index contributed by atoms with van der Waals surface area (Å²) < 4.78 is 0. The summed E-state index contributed by atoms with van der Waals surface area (Å²) in [6.07, 6.45) is 4.87. The molecular formula is C5H10N2. The van der Waals surface area contributed by atoms with E-state index in [1.165, 1.54) is 6.20 Å². The topological polar surface area (TPSA) is 52.0 Å². The third-order valence-corrected chi connectivity index (χ3v) is 0.470. The lowest BCUT2D eigenvalue weighted by Crippen LogP contribution is -1.88. The van der Waals surface area contributed by atoms with Gasteiger partial charge in [0.2, 0.25) is 0 Å². The molecule has 2 heteroatoms. The average molecular weight is 98.1 g/mol. The van der Waals surface area contributed by atoms with Crippen LogP contribution < -0.4 is 11.5 Å². The monoisotopic (exact) mass is 98.1 g/mol. The molecule has 0 heterocycles. The highest BCUT2D eigenvalue weighted by Gasteiger charge is 1.65. The van der Waals surface area contributed by atoms with Crippen LogP contribution in [-0.2, 0) is 0 Å². The number of rotatable bonds is 1. The number of hydrogen-bond donors (Lipinski definition) is 2. The predicted octanol–water partition coefficient (Wildman–Crippen LogP) is 0.321. The van der Waals surface area contributed by atoms with Crippen LogP contribution in [-0.4, -0.2) is 0 Å². The Morgan fingerprint density at radius 2 is 2.14 bits per heavy atom. The summed E-state index contributed by atoms with van der Waals surface area (Å²) >= 11 is 0. The molecule has 0 aromatic heterocycles. The first-order valence-electron chi connectivity index (χ1n) is 2.08. The van der Waals surface area contributed by atoms with Crippen LogP contribution in [0.25, 0.3) is 0 Å².